The van der Waals surface area contributed by atoms with Crippen LogP contribution in [0.3, 0.4) is 0 Å². The van der Waals surface area contributed by atoms with Crippen molar-refractivity contribution in [3.8, 4) is 0 Å². The van der Waals surface area contributed by atoms with E-state index >= 15 is 0 Å². The van der Waals surface area contributed by atoms with Crippen LogP contribution in [-0.4, -0.2) is 34.7 Å². The molecule has 0 bridgehead atoms. The summed E-state index contributed by atoms with van der Waals surface area (Å²) in [5, 5.41) is 4.06. The van der Waals surface area contributed by atoms with Gasteiger partial charge < -0.3 is 15.2 Å². The molecule has 2 atom stereocenters. The zero-order chi connectivity index (χ0) is 12.6. The Morgan fingerprint density at radius 1 is 1.53 bits per heavy atom. The van der Waals surface area contributed by atoms with Crippen LogP contribution in [0, 0.1) is 0 Å². The molecule has 0 spiro atoms. The van der Waals surface area contributed by atoms with Crippen molar-refractivity contribution in [3.05, 3.63) is 11.7 Å². The maximum Gasteiger partial charge on any atom is 0.229 e. The van der Waals surface area contributed by atoms with Gasteiger partial charge in [0.15, 0.2) is 5.82 Å². The minimum absolute atomic E-state index is 0.253. The second-order valence-electron chi connectivity index (χ2n) is 5.55. The first-order valence-corrected chi connectivity index (χ1v) is 6.25. The Bertz CT molecular complexity index is 390. The molecule has 0 aromatic carbocycles. The van der Waals surface area contributed by atoms with E-state index < -0.39 is 5.54 Å². The summed E-state index contributed by atoms with van der Waals surface area (Å²) >= 11 is 0. The molecule has 2 rings (SSSR count). The van der Waals surface area contributed by atoms with Crippen molar-refractivity contribution in [1.82, 2.24) is 15.0 Å². The molecule has 1 fully saturated rings. The van der Waals surface area contributed by atoms with Crippen molar-refractivity contribution in [2.45, 2.75) is 51.1 Å². The lowest BCUT2D eigenvalue weighted by Gasteiger charge is -2.40. The van der Waals surface area contributed by atoms with Gasteiger partial charge in [0, 0.05) is 18.5 Å². The number of piperidine rings is 1. The molecule has 1 aliphatic rings. The van der Waals surface area contributed by atoms with Gasteiger partial charge in [-0.3, -0.25) is 0 Å². The number of likely N-dealkylation sites (tertiary alicyclic amines) is 1. The molecular weight excluding hydrogens is 216 g/mol. The Labute approximate surface area is 102 Å². The summed E-state index contributed by atoms with van der Waals surface area (Å²) in [5.74, 6) is 1.60. The van der Waals surface area contributed by atoms with E-state index in [-0.39, 0.29) is 5.92 Å². The van der Waals surface area contributed by atoms with Gasteiger partial charge in [-0.15, -0.1) is 0 Å². The largest absolute Gasteiger partial charge is 0.339 e. The zero-order valence-electron chi connectivity index (χ0n) is 11.1. The molecule has 1 aliphatic heterocycles. The summed E-state index contributed by atoms with van der Waals surface area (Å²) in [4.78, 5) is 6.76. The van der Waals surface area contributed by atoms with Gasteiger partial charge in [-0.2, -0.15) is 4.98 Å². The number of rotatable bonds is 2. The molecule has 5 nitrogen and oxygen atoms in total. The fourth-order valence-electron chi connectivity index (χ4n) is 2.26. The summed E-state index contributed by atoms with van der Waals surface area (Å²) in [7, 11) is 2.13. The number of hydrogen-bond donors (Lipinski definition) is 1. The lowest BCUT2D eigenvalue weighted by molar-refractivity contribution is 0.125. The Balaban J connectivity index is 2.20. The Morgan fingerprint density at radius 2 is 2.24 bits per heavy atom. The lowest BCUT2D eigenvalue weighted by Crippen LogP contribution is -2.51. The third kappa shape index (κ3) is 2.35. The molecule has 17 heavy (non-hydrogen) atoms. The van der Waals surface area contributed by atoms with Gasteiger partial charge in [-0.25, -0.2) is 0 Å². The third-order valence-corrected chi connectivity index (χ3v) is 3.70. The first-order valence-electron chi connectivity index (χ1n) is 6.25. The number of nitrogens with two attached hydrogens (primary N) is 1. The normalized spacial score (nSPS) is 31.1. The van der Waals surface area contributed by atoms with Gasteiger partial charge in [0.2, 0.25) is 5.89 Å². The average molecular weight is 238 g/mol. The van der Waals surface area contributed by atoms with Crippen LogP contribution in [-0.2, 0) is 5.54 Å². The smallest absolute Gasteiger partial charge is 0.229 e. The van der Waals surface area contributed by atoms with Crippen LogP contribution in [0.1, 0.15) is 51.2 Å². The van der Waals surface area contributed by atoms with E-state index in [0.717, 1.165) is 19.4 Å². The Morgan fingerprint density at radius 3 is 2.76 bits per heavy atom. The van der Waals surface area contributed by atoms with Crippen molar-refractivity contribution in [1.29, 1.82) is 0 Å². The van der Waals surface area contributed by atoms with E-state index in [2.05, 4.69) is 29.0 Å². The van der Waals surface area contributed by atoms with Gasteiger partial charge in [0.1, 0.15) is 0 Å². The quantitative estimate of drug-likeness (QED) is 0.844. The second-order valence-corrected chi connectivity index (χ2v) is 5.55. The van der Waals surface area contributed by atoms with Gasteiger partial charge in [-0.05, 0) is 26.8 Å². The molecular formula is C12H22N4O. The van der Waals surface area contributed by atoms with Gasteiger partial charge in [0.05, 0.1) is 5.54 Å². The average Bonchev–Trinajstić information content (AvgIpc) is 2.74. The van der Waals surface area contributed by atoms with Crippen LogP contribution in [0.2, 0.25) is 0 Å². The van der Waals surface area contributed by atoms with Crippen LogP contribution in [0.25, 0.3) is 0 Å². The van der Waals surface area contributed by atoms with Crippen molar-refractivity contribution < 1.29 is 4.52 Å². The van der Waals surface area contributed by atoms with E-state index in [1.807, 2.05) is 13.8 Å². The predicted octanol–water partition coefficient (Wildman–Crippen LogP) is 1.46. The standard InChI is InChI=1S/C12H22N4O/c1-8(2)10-14-11(15-17-10)12(13)5-6-16(4)9(3)7-12/h8-9H,5-7,13H2,1-4H3. The highest BCUT2D eigenvalue weighted by atomic mass is 16.5. The van der Waals surface area contributed by atoms with Crippen LogP contribution in [0.4, 0.5) is 0 Å². The molecule has 5 heteroatoms. The highest BCUT2D eigenvalue weighted by Gasteiger charge is 2.39. The fraction of sp³-hybridized carbons (Fsp3) is 0.833. The molecule has 0 saturated carbocycles. The molecule has 1 aromatic heterocycles. The summed E-state index contributed by atoms with van der Waals surface area (Å²) in [5.41, 5.74) is 6.01. The van der Waals surface area contributed by atoms with Crippen LogP contribution < -0.4 is 5.73 Å². The van der Waals surface area contributed by atoms with Crippen LogP contribution >= 0.6 is 0 Å². The Kier molecular flexibility index (Phi) is 3.23. The molecule has 2 N–H and O–H groups in total. The first kappa shape index (κ1) is 12.5. The van der Waals surface area contributed by atoms with Crippen LogP contribution in [0.5, 0.6) is 0 Å². The predicted molar refractivity (Wildman–Crippen MR) is 65.6 cm³/mol. The van der Waals surface area contributed by atoms with Gasteiger partial charge in [-0.1, -0.05) is 19.0 Å². The highest BCUT2D eigenvalue weighted by molar-refractivity contribution is 5.08. The Hall–Kier alpha value is -0.940. The number of aromatic nitrogens is 2. The first-order chi connectivity index (χ1) is 7.92. The monoisotopic (exact) mass is 238 g/mol. The van der Waals surface area contributed by atoms with E-state index in [9.17, 15) is 0 Å². The topological polar surface area (TPSA) is 68.2 Å². The van der Waals surface area contributed by atoms with Gasteiger partial charge in [0.25, 0.3) is 0 Å². The number of hydrogen-bond acceptors (Lipinski definition) is 5. The van der Waals surface area contributed by atoms with E-state index in [1.165, 1.54) is 0 Å². The lowest BCUT2D eigenvalue weighted by atomic mass is 9.84. The van der Waals surface area contributed by atoms with E-state index in [0.29, 0.717) is 17.8 Å². The molecule has 0 aliphatic carbocycles. The molecule has 2 unspecified atom stereocenters. The molecule has 2 heterocycles. The van der Waals surface area contributed by atoms with Crippen molar-refractivity contribution in [2.24, 2.45) is 5.73 Å². The minimum atomic E-state index is -0.428. The highest BCUT2D eigenvalue weighted by Crippen LogP contribution is 2.31. The van der Waals surface area contributed by atoms with Crippen molar-refractivity contribution in [2.75, 3.05) is 13.6 Å². The zero-order valence-corrected chi connectivity index (χ0v) is 11.1. The molecule has 1 aromatic rings. The SMILES string of the molecule is CC(C)c1nc(C2(N)CCN(C)C(C)C2)no1. The maximum absolute atomic E-state index is 6.43. The van der Waals surface area contributed by atoms with Crippen LogP contribution in [0.15, 0.2) is 4.52 Å². The number of nitrogens with zero attached hydrogens (tertiary/aromatic N) is 3. The molecule has 0 radical (unpaired) electrons. The van der Waals surface area contributed by atoms with E-state index in [1.54, 1.807) is 0 Å². The summed E-state index contributed by atoms with van der Waals surface area (Å²) in [6.45, 7) is 7.24. The van der Waals surface area contributed by atoms with Gasteiger partial charge >= 0.3 is 0 Å². The summed E-state index contributed by atoms with van der Waals surface area (Å²) < 4.78 is 5.25. The second kappa shape index (κ2) is 4.38. The fourth-order valence-corrected chi connectivity index (χ4v) is 2.26. The maximum atomic E-state index is 6.43. The van der Waals surface area contributed by atoms with E-state index in [4.69, 9.17) is 10.3 Å². The van der Waals surface area contributed by atoms with Crippen molar-refractivity contribution in [3.63, 3.8) is 0 Å². The summed E-state index contributed by atoms with van der Waals surface area (Å²) in [6.07, 6.45) is 1.76. The minimum Gasteiger partial charge on any atom is -0.339 e. The molecule has 0 amide bonds. The third-order valence-electron chi connectivity index (χ3n) is 3.70. The summed E-state index contributed by atoms with van der Waals surface area (Å²) in [6, 6.07) is 0.453. The van der Waals surface area contributed by atoms with Crippen molar-refractivity contribution >= 4 is 0 Å². The molecule has 1 saturated heterocycles. The molecule has 96 valence electrons.